The Balaban J connectivity index is 1.07. The molecule has 0 spiro atoms. The molecule has 2 N–H and O–H groups in total. The number of likely N-dealkylation sites (tertiary alicyclic amines) is 1. The fourth-order valence-corrected chi connectivity index (χ4v) is 7.78. The molecule has 0 saturated carbocycles. The number of urea groups is 1. The van der Waals surface area contributed by atoms with E-state index in [-0.39, 0.29) is 18.1 Å². The number of fused-ring (bicyclic) bond motifs is 5. The van der Waals surface area contributed by atoms with Gasteiger partial charge in [-0.05, 0) is 43.9 Å². The predicted molar refractivity (Wildman–Crippen MR) is 111 cm³/mol. The maximum absolute atomic E-state index is 12.8. The summed E-state index contributed by atoms with van der Waals surface area (Å²) in [4.78, 5) is 40.8. The van der Waals surface area contributed by atoms with Gasteiger partial charge in [-0.25, -0.2) is 4.79 Å². The molecule has 160 valence electrons. The van der Waals surface area contributed by atoms with Crippen LogP contribution in [0.1, 0.15) is 51.4 Å². The van der Waals surface area contributed by atoms with E-state index < -0.39 is 0 Å². The first-order valence-corrected chi connectivity index (χ1v) is 12.4. The fraction of sp³-hybridized carbons (Fsp3) is 0.857. The van der Waals surface area contributed by atoms with Crippen LogP contribution in [-0.4, -0.2) is 76.4 Å². The van der Waals surface area contributed by atoms with Gasteiger partial charge in [-0.1, -0.05) is 6.42 Å². The number of thioether (sulfide) groups is 1. The summed E-state index contributed by atoms with van der Waals surface area (Å²) >= 11 is 1.94. The molecule has 0 aliphatic carbocycles. The molecule has 7 nitrogen and oxygen atoms in total. The number of carbonyl (C=O) groups is 3. The van der Waals surface area contributed by atoms with Crippen LogP contribution in [0, 0.1) is 11.8 Å². The van der Waals surface area contributed by atoms with Gasteiger partial charge in [0.15, 0.2) is 0 Å². The molecule has 4 amide bonds. The molecule has 5 aliphatic heterocycles. The number of nitrogens with one attached hydrogen (secondary N) is 2. The van der Waals surface area contributed by atoms with E-state index in [1.807, 2.05) is 11.8 Å². The van der Waals surface area contributed by atoms with Crippen LogP contribution in [0.4, 0.5) is 4.79 Å². The summed E-state index contributed by atoms with van der Waals surface area (Å²) in [7, 11) is 0. The minimum atomic E-state index is -0.0330. The maximum Gasteiger partial charge on any atom is 0.315 e. The molecule has 5 saturated heterocycles. The van der Waals surface area contributed by atoms with Gasteiger partial charge in [0.05, 0.1) is 12.1 Å². The molecule has 5 fully saturated rings. The summed E-state index contributed by atoms with van der Waals surface area (Å²) < 4.78 is 0. The number of hydrogen-bond acceptors (Lipinski definition) is 4. The molecule has 2 bridgehead atoms. The van der Waals surface area contributed by atoms with Gasteiger partial charge in [-0.3, -0.25) is 9.59 Å². The van der Waals surface area contributed by atoms with Crippen LogP contribution in [0.3, 0.4) is 0 Å². The summed E-state index contributed by atoms with van der Waals surface area (Å²) in [5.41, 5.74) is 0. The van der Waals surface area contributed by atoms with Gasteiger partial charge in [0.2, 0.25) is 11.8 Å². The zero-order chi connectivity index (χ0) is 20.0. The first kappa shape index (κ1) is 19.5. The van der Waals surface area contributed by atoms with Gasteiger partial charge in [-0.2, -0.15) is 11.8 Å². The Labute approximate surface area is 176 Å². The van der Waals surface area contributed by atoms with Crippen molar-refractivity contribution in [1.29, 1.82) is 0 Å². The van der Waals surface area contributed by atoms with Crippen LogP contribution in [0.2, 0.25) is 0 Å². The van der Waals surface area contributed by atoms with Crippen molar-refractivity contribution in [1.82, 2.24) is 20.4 Å². The highest BCUT2D eigenvalue weighted by Gasteiger charge is 2.45. The first-order valence-electron chi connectivity index (χ1n) is 11.3. The Kier molecular flexibility index (Phi) is 5.39. The number of hydrogen-bond donors (Lipinski definition) is 2. The molecule has 5 rings (SSSR count). The van der Waals surface area contributed by atoms with Crippen LogP contribution in [0.25, 0.3) is 0 Å². The topological polar surface area (TPSA) is 81.8 Å². The van der Waals surface area contributed by atoms with E-state index in [1.165, 1.54) is 6.42 Å². The van der Waals surface area contributed by atoms with Gasteiger partial charge < -0.3 is 20.4 Å². The molecular weight excluding hydrogens is 388 g/mol. The maximum atomic E-state index is 12.8. The van der Waals surface area contributed by atoms with E-state index in [0.717, 1.165) is 57.5 Å². The zero-order valence-corrected chi connectivity index (χ0v) is 17.8. The van der Waals surface area contributed by atoms with Crippen molar-refractivity contribution in [2.45, 2.75) is 74.7 Å². The normalized spacial score (nSPS) is 38.3. The molecule has 5 aliphatic rings. The van der Waals surface area contributed by atoms with E-state index >= 15 is 0 Å². The molecule has 6 atom stereocenters. The Morgan fingerprint density at radius 2 is 2.03 bits per heavy atom. The monoisotopic (exact) mass is 420 g/mol. The van der Waals surface area contributed by atoms with Crippen molar-refractivity contribution in [3.63, 3.8) is 0 Å². The minimum Gasteiger partial charge on any atom is -0.342 e. The Morgan fingerprint density at radius 1 is 1.14 bits per heavy atom. The highest BCUT2D eigenvalue weighted by atomic mass is 32.2. The quantitative estimate of drug-likeness (QED) is 0.523. The highest BCUT2D eigenvalue weighted by Crippen LogP contribution is 2.38. The summed E-state index contributed by atoms with van der Waals surface area (Å²) in [5, 5.41) is 6.50. The number of nitrogens with zero attached hydrogens (tertiary/aromatic N) is 2. The number of carbonyl (C=O) groups excluding carboxylic acids is 3. The fourth-order valence-electron chi connectivity index (χ4n) is 6.24. The second-order valence-electron chi connectivity index (χ2n) is 9.53. The Hall–Kier alpha value is -1.44. The highest BCUT2D eigenvalue weighted by molar-refractivity contribution is 8.00. The third-order valence-corrected chi connectivity index (χ3v) is 9.11. The first-order chi connectivity index (χ1) is 14.1. The summed E-state index contributed by atoms with van der Waals surface area (Å²) in [6.45, 7) is 2.51. The van der Waals surface area contributed by atoms with Crippen LogP contribution in [0.5, 0.6) is 0 Å². The van der Waals surface area contributed by atoms with Crippen molar-refractivity contribution in [2.24, 2.45) is 11.8 Å². The average Bonchev–Trinajstić information content (AvgIpc) is 3.25. The van der Waals surface area contributed by atoms with Crippen LogP contribution >= 0.6 is 11.8 Å². The van der Waals surface area contributed by atoms with Crippen LogP contribution in [0.15, 0.2) is 0 Å². The second-order valence-corrected chi connectivity index (χ2v) is 10.8. The molecule has 0 aromatic rings. The van der Waals surface area contributed by atoms with Gasteiger partial charge in [0, 0.05) is 49.5 Å². The Bertz CT molecular complexity index is 689. The lowest BCUT2D eigenvalue weighted by atomic mass is 9.76. The molecule has 5 heterocycles. The molecular formula is C21H32N4O3S. The number of unbranched alkanes of at least 4 members (excludes halogenated alkanes) is 1. The predicted octanol–water partition coefficient (Wildman–Crippen LogP) is 1.57. The summed E-state index contributed by atoms with van der Waals surface area (Å²) in [6.07, 6.45) is 7.65. The molecule has 0 aromatic heterocycles. The lowest BCUT2D eigenvalue weighted by Gasteiger charge is -2.52. The lowest BCUT2D eigenvalue weighted by molar-refractivity contribution is -0.148. The third-order valence-electron chi connectivity index (χ3n) is 7.60. The SMILES string of the molecule is O=C1NC2CSC(CCCCC(=O)N3CC4CC(C3)C3CCCC(=O)N3C4)C2N1. The second kappa shape index (κ2) is 8.00. The lowest BCUT2D eigenvalue weighted by Crippen LogP contribution is -2.61. The van der Waals surface area contributed by atoms with Crippen molar-refractivity contribution in [3.05, 3.63) is 0 Å². The van der Waals surface area contributed by atoms with Crippen molar-refractivity contribution in [2.75, 3.05) is 25.4 Å². The summed E-state index contributed by atoms with van der Waals surface area (Å²) in [6, 6.07) is 0.865. The Morgan fingerprint density at radius 3 is 2.93 bits per heavy atom. The van der Waals surface area contributed by atoms with E-state index in [1.54, 1.807) is 0 Å². The largest absolute Gasteiger partial charge is 0.342 e. The van der Waals surface area contributed by atoms with Crippen molar-refractivity contribution < 1.29 is 14.4 Å². The van der Waals surface area contributed by atoms with Crippen LogP contribution in [-0.2, 0) is 9.59 Å². The van der Waals surface area contributed by atoms with E-state index in [2.05, 4.69) is 20.4 Å². The van der Waals surface area contributed by atoms with Crippen molar-refractivity contribution >= 4 is 29.6 Å². The van der Waals surface area contributed by atoms with E-state index in [9.17, 15) is 14.4 Å². The molecule has 0 radical (unpaired) electrons. The zero-order valence-electron chi connectivity index (χ0n) is 17.0. The number of amides is 4. The van der Waals surface area contributed by atoms with Crippen LogP contribution < -0.4 is 10.6 Å². The van der Waals surface area contributed by atoms with Gasteiger partial charge in [0.25, 0.3) is 0 Å². The van der Waals surface area contributed by atoms with Gasteiger partial charge >= 0.3 is 6.03 Å². The van der Waals surface area contributed by atoms with E-state index in [4.69, 9.17) is 0 Å². The summed E-state index contributed by atoms with van der Waals surface area (Å²) in [5.74, 6) is 2.55. The molecule has 6 unspecified atom stereocenters. The molecule has 0 aromatic carbocycles. The molecule has 29 heavy (non-hydrogen) atoms. The van der Waals surface area contributed by atoms with E-state index in [0.29, 0.717) is 47.8 Å². The smallest absolute Gasteiger partial charge is 0.315 e. The van der Waals surface area contributed by atoms with Crippen molar-refractivity contribution in [3.8, 4) is 0 Å². The number of piperidine rings is 3. The number of rotatable bonds is 5. The third kappa shape index (κ3) is 3.84. The van der Waals surface area contributed by atoms with Gasteiger partial charge in [0.1, 0.15) is 0 Å². The van der Waals surface area contributed by atoms with Gasteiger partial charge in [-0.15, -0.1) is 0 Å². The average molecular weight is 421 g/mol. The minimum absolute atomic E-state index is 0.0330. The molecule has 8 heteroatoms. The standard InChI is InChI=1S/C21H32N4O3S/c26-18(6-2-1-5-17-20-15(12-29-17)22-21(28)23-20)24-9-13-8-14(11-24)16-4-3-7-19(27)25(16)10-13/h13-17,20H,1-12H2,(H2,22,23,28).